The summed E-state index contributed by atoms with van der Waals surface area (Å²) in [6.07, 6.45) is 2.12. The molecule has 8 heteroatoms. The van der Waals surface area contributed by atoms with Crippen molar-refractivity contribution in [3.63, 3.8) is 0 Å². The Hall–Kier alpha value is -3.19. The van der Waals surface area contributed by atoms with Crippen LogP contribution in [0.5, 0.6) is 0 Å². The van der Waals surface area contributed by atoms with Crippen LogP contribution in [0.1, 0.15) is 36.3 Å². The minimum Gasteiger partial charge on any atom is -0.419 e. The molecular formula is C25H25ClN4O3. The van der Waals surface area contributed by atoms with E-state index in [1.165, 1.54) is 0 Å². The average molecular weight is 465 g/mol. The maximum atomic E-state index is 13.5. The van der Waals surface area contributed by atoms with Crippen molar-refractivity contribution in [1.82, 2.24) is 15.1 Å². The quantitative estimate of drug-likeness (QED) is 0.534. The normalized spacial score (nSPS) is 18.1. The maximum absolute atomic E-state index is 13.5. The summed E-state index contributed by atoms with van der Waals surface area (Å²) in [5, 5.41) is 8.91. The van der Waals surface area contributed by atoms with Crippen molar-refractivity contribution in [3.05, 3.63) is 64.5 Å². The summed E-state index contributed by atoms with van der Waals surface area (Å²) in [7, 11) is 0. The molecule has 1 aromatic heterocycles. The number of amides is 2. The smallest absolute Gasteiger partial charge is 0.247 e. The highest BCUT2D eigenvalue weighted by Gasteiger charge is 2.42. The second-order valence-corrected chi connectivity index (χ2v) is 9.27. The van der Waals surface area contributed by atoms with Gasteiger partial charge in [0.15, 0.2) is 0 Å². The van der Waals surface area contributed by atoms with Crippen LogP contribution in [0.2, 0.25) is 5.02 Å². The van der Waals surface area contributed by atoms with Crippen molar-refractivity contribution >= 4 is 29.1 Å². The standard InChI is InChI=1S/C25H25ClN4O3/c1-15-4-3-5-21(16(15)2)30-13-18(12-23(30)31)25(32)29(20-10-11-20)14-22-27-28-24(33-22)17-6-8-19(26)9-7-17/h3-9,18,20H,10-14H2,1-2H3/t18-/m0/s1. The van der Waals surface area contributed by atoms with E-state index in [4.69, 9.17) is 16.0 Å². The Morgan fingerprint density at radius 1 is 1.15 bits per heavy atom. The predicted octanol–water partition coefficient (Wildman–Crippen LogP) is 4.55. The number of carbonyl (C=O) groups excluding carboxylic acids is 2. The van der Waals surface area contributed by atoms with Crippen LogP contribution in [0.3, 0.4) is 0 Å². The van der Waals surface area contributed by atoms with Crippen molar-refractivity contribution in [2.75, 3.05) is 11.4 Å². The summed E-state index contributed by atoms with van der Waals surface area (Å²) in [6.45, 7) is 4.68. The van der Waals surface area contributed by atoms with Gasteiger partial charge in [-0.1, -0.05) is 23.7 Å². The van der Waals surface area contributed by atoms with Gasteiger partial charge in [0.25, 0.3) is 0 Å². The van der Waals surface area contributed by atoms with E-state index in [1.807, 2.05) is 49.1 Å². The SMILES string of the molecule is Cc1cccc(N2C[C@@H](C(=O)N(Cc3nnc(-c4ccc(Cl)cc4)o3)C3CC3)CC2=O)c1C. The molecule has 2 aromatic carbocycles. The lowest BCUT2D eigenvalue weighted by molar-refractivity contribution is -0.137. The van der Waals surface area contributed by atoms with Gasteiger partial charge in [0.1, 0.15) is 0 Å². The lowest BCUT2D eigenvalue weighted by Gasteiger charge is -2.24. The van der Waals surface area contributed by atoms with Crippen LogP contribution in [0.25, 0.3) is 11.5 Å². The number of benzene rings is 2. The fourth-order valence-corrected chi connectivity index (χ4v) is 4.44. The Morgan fingerprint density at radius 3 is 2.64 bits per heavy atom. The van der Waals surface area contributed by atoms with Crippen molar-refractivity contribution in [2.24, 2.45) is 5.92 Å². The number of hydrogen-bond acceptors (Lipinski definition) is 5. The Labute approximate surface area is 197 Å². The van der Waals surface area contributed by atoms with Gasteiger partial charge in [-0.2, -0.15) is 0 Å². The molecule has 2 heterocycles. The lowest BCUT2D eigenvalue weighted by atomic mass is 10.1. The first-order chi connectivity index (χ1) is 15.9. The van der Waals surface area contributed by atoms with Gasteiger partial charge in [0.2, 0.25) is 23.6 Å². The minimum absolute atomic E-state index is 0.0133. The van der Waals surface area contributed by atoms with E-state index in [-0.39, 0.29) is 36.7 Å². The molecular weight excluding hydrogens is 440 g/mol. The highest BCUT2D eigenvalue weighted by molar-refractivity contribution is 6.30. The molecule has 3 aromatic rings. The summed E-state index contributed by atoms with van der Waals surface area (Å²) < 4.78 is 5.83. The van der Waals surface area contributed by atoms with Crippen LogP contribution >= 0.6 is 11.6 Å². The Morgan fingerprint density at radius 2 is 1.91 bits per heavy atom. The summed E-state index contributed by atoms with van der Waals surface area (Å²) in [5.41, 5.74) is 3.85. The Kier molecular flexibility index (Phi) is 5.66. The number of hydrogen-bond donors (Lipinski definition) is 0. The molecule has 1 saturated carbocycles. The number of aromatic nitrogens is 2. The van der Waals surface area contributed by atoms with E-state index in [0.29, 0.717) is 23.3 Å². The van der Waals surface area contributed by atoms with Gasteiger partial charge in [0, 0.05) is 35.3 Å². The van der Waals surface area contributed by atoms with Crippen molar-refractivity contribution in [1.29, 1.82) is 0 Å². The van der Waals surface area contributed by atoms with Gasteiger partial charge in [-0.15, -0.1) is 10.2 Å². The zero-order valence-electron chi connectivity index (χ0n) is 18.6. The average Bonchev–Trinajstić information content (AvgIpc) is 3.41. The number of nitrogens with zero attached hydrogens (tertiary/aromatic N) is 4. The Balaban J connectivity index is 1.31. The summed E-state index contributed by atoms with van der Waals surface area (Å²) in [4.78, 5) is 29.8. The van der Waals surface area contributed by atoms with Gasteiger partial charge in [-0.3, -0.25) is 9.59 Å². The van der Waals surface area contributed by atoms with Crippen molar-refractivity contribution in [3.8, 4) is 11.5 Å². The predicted molar refractivity (Wildman–Crippen MR) is 125 cm³/mol. The molecule has 2 fully saturated rings. The molecule has 170 valence electrons. The van der Waals surface area contributed by atoms with Crippen LogP contribution in [-0.4, -0.2) is 39.5 Å². The summed E-state index contributed by atoms with van der Waals surface area (Å²) in [6, 6.07) is 13.2. The zero-order chi connectivity index (χ0) is 23.1. The minimum atomic E-state index is -0.378. The first-order valence-electron chi connectivity index (χ1n) is 11.2. The molecule has 1 aliphatic heterocycles. The molecule has 0 bridgehead atoms. The fraction of sp³-hybridized carbons (Fsp3) is 0.360. The molecule has 1 aliphatic carbocycles. The number of halogens is 1. The number of rotatable bonds is 6. The van der Waals surface area contributed by atoms with Crippen LogP contribution in [-0.2, 0) is 16.1 Å². The maximum Gasteiger partial charge on any atom is 0.247 e. The topological polar surface area (TPSA) is 79.5 Å². The largest absolute Gasteiger partial charge is 0.419 e. The third-order valence-electron chi connectivity index (χ3n) is 6.48. The second kappa shape index (κ2) is 8.63. The third-order valence-corrected chi connectivity index (χ3v) is 6.73. The molecule has 33 heavy (non-hydrogen) atoms. The molecule has 0 radical (unpaired) electrons. The first-order valence-corrected chi connectivity index (χ1v) is 11.5. The van der Waals surface area contributed by atoms with Crippen LogP contribution in [0.4, 0.5) is 5.69 Å². The highest BCUT2D eigenvalue weighted by Crippen LogP contribution is 2.34. The molecule has 0 spiro atoms. The van der Waals surface area contributed by atoms with Gasteiger partial charge >= 0.3 is 0 Å². The molecule has 2 amide bonds. The van der Waals surface area contributed by atoms with E-state index in [1.54, 1.807) is 17.0 Å². The lowest BCUT2D eigenvalue weighted by Crippen LogP contribution is -2.38. The van der Waals surface area contributed by atoms with Crippen LogP contribution in [0.15, 0.2) is 46.9 Å². The van der Waals surface area contributed by atoms with E-state index in [9.17, 15) is 9.59 Å². The Bertz CT molecular complexity index is 1200. The molecule has 5 rings (SSSR count). The molecule has 7 nitrogen and oxygen atoms in total. The van der Waals surface area contributed by atoms with Gasteiger partial charge in [0.05, 0.1) is 12.5 Å². The monoisotopic (exact) mass is 464 g/mol. The van der Waals surface area contributed by atoms with Crippen LogP contribution in [0, 0.1) is 19.8 Å². The van der Waals surface area contributed by atoms with Gasteiger partial charge in [-0.05, 0) is 68.1 Å². The molecule has 1 saturated heterocycles. The zero-order valence-corrected chi connectivity index (χ0v) is 19.4. The van der Waals surface area contributed by atoms with E-state index in [2.05, 4.69) is 10.2 Å². The van der Waals surface area contributed by atoms with Gasteiger partial charge < -0.3 is 14.2 Å². The molecule has 2 aliphatic rings. The molecule has 1 atom stereocenters. The number of anilines is 1. The number of aryl methyl sites for hydroxylation is 1. The van der Waals surface area contributed by atoms with E-state index >= 15 is 0 Å². The summed E-state index contributed by atoms with van der Waals surface area (Å²) in [5.74, 6) is 0.361. The van der Waals surface area contributed by atoms with E-state index < -0.39 is 0 Å². The van der Waals surface area contributed by atoms with Crippen molar-refractivity contribution in [2.45, 2.75) is 45.7 Å². The van der Waals surface area contributed by atoms with E-state index in [0.717, 1.165) is 35.2 Å². The second-order valence-electron chi connectivity index (χ2n) is 8.83. The first kappa shape index (κ1) is 21.6. The third kappa shape index (κ3) is 4.37. The van der Waals surface area contributed by atoms with Crippen LogP contribution < -0.4 is 4.90 Å². The van der Waals surface area contributed by atoms with Crippen molar-refractivity contribution < 1.29 is 14.0 Å². The van der Waals surface area contributed by atoms with Gasteiger partial charge in [-0.25, -0.2) is 0 Å². The molecule has 0 unspecified atom stereocenters. The fourth-order valence-electron chi connectivity index (χ4n) is 4.31. The highest BCUT2D eigenvalue weighted by atomic mass is 35.5. The summed E-state index contributed by atoms with van der Waals surface area (Å²) >= 11 is 5.95. The molecule has 0 N–H and O–H groups in total. The number of carbonyl (C=O) groups is 2.